The summed E-state index contributed by atoms with van der Waals surface area (Å²) in [4.78, 5) is 23.2. The summed E-state index contributed by atoms with van der Waals surface area (Å²) in [5, 5.41) is 15.1. The number of hydrogen-bond donors (Lipinski definition) is 2. The SMILES string of the molecule is CC(=O)Nc1ccc(NC(=O)CSc2nnc(-c3ccc(Cl)cc3)n2C)cc1. The Hall–Kier alpha value is -2.84. The lowest BCUT2D eigenvalue weighted by Crippen LogP contribution is -2.14. The Morgan fingerprint density at radius 3 is 2.21 bits per heavy atom. The molecule has 0 fully saturated rings. The Kier molecular flexibility index (Phi) is 6.33. The van der Waals surface area contributed by atoms with Crippen LogP contribution in [0, 0.1) is 0 Å². The third-order valence-corrected chi connectivity index (χ3v) is 5.03. The number of rotatable bonds is 6. The van der Waals surface area contributed by atoms with Crippen molar-refractivity contribution < 1.29 is 9.59 Å². The van der Waals surface area contributed by atoms with Gasteiger partial charge in [0.15, 0.2) is 11.0 Å². The molecule has 9 heteroatoms. The number of benzene rings is 2. The van der Waals surface area contributed by atoms with Crippen LogP contribution in [0.2, 0.25) is 5.02 Å². The molecule has 0 bridgehead atoms. The van der Waals surface area contributed by atoms with Crippen LogP contribution in [0.3, 0.4) is 0 Å². The maximum atomic E-state index is 12.2. The highest BCUT2D eigenvalue weighted by Crippen LogP contribution is 2.24. The van der Waals surface area contributed by atoms with Gasteiger partial charge in [0.25, 0.3) is 0 Å². The van der Waals surface area contributed by atoms with Crippen molar-refractivity contribution >= 4 is 46.6 Å². The largest absolute Gasteiger partial charge is 0.326 e. The predicted octanol–water partition coefficient (Wildman–Crippen LogP) is 3.82. The number of carbonyl (C=O) groups excluding carboxylic acids is 2. The number of halogens is 1. The van der Waals surface area contributed by atoms with Gasteiger partial charge in [-0.05, 0) is 48.5 Å². The van der Waals surface area contributed by atoms with Gasteiger partial charge >= 0.3 is 0 Å². The zero-order chi connectivity index (χ0) is 20.1. The van der Waals surface area contributed by atoms with Gasteiger partial charge in [-0.2, -0.15) is 0 Å². The molecule has 1 aromatic heterocycles. The molecule has 144 valence electrons. The van der Waals surface area contributed by atoms with Crippen molar-refractivity contribution in [3.8, 4) is 11.4 Å². The van der Waals surface area contributed by atoms with E-state index >= 15 is 0 Å². The van der Waals surface area contributed by atoms with Gasteiger partial charge in [0, 0.05) is 35.9 Å². The molecule has 0 spiro atoms. The molecule has 7 nitrogen and oxygen atoms in total. The van der Waals surface area contributed by atoms with Gasteiger partial charge in [-0.25, -0.2) is 0 Å². The first kappa shape index (κ1) is 19.9. The van der Waals surface area contributed by atoms with E-state index in [0.29, 0.717) is 27.4 Å². The van der Waals surface area contributed by atoms with Crippen LogP contribution in [-0.2, 0) is 16.6 Å². The third kappa shape index (κ3) is 5.11. The van der Waals surface area contributed by atoms with Crippen LogP contribution in [-0.4, -0.2) is 32.3 Å². The van der Waals surface area contributed by atoms with E-state index in [0.717, 1.165) is 5.56 Å². The number of nitrogens with one attached hydrogen (secondary N) is 2. The quantitative estimate of drug-likeness (QED) is 0.597. The van der Waals surface area contributed by atoms with Gasteiger partial charge in [0.1, 0.15) is 0 Å². The van der Waals surface area contributed by atoms with E-state index in [1.54, 1.807) is 36.4 Å². The number of carbonyl (C=O) groups is 2. The average Bonchev–Trinajstić information content (AvgIpc) is 3.02. The molecule has 2 N–H and O–H groups in total. The highest BCUT2D eigenvalue weighted by Gasteiger charge is 2.13. The summed E-state index contributed by atoms with van der Waals surface area (Å²) >= 11 is 7.21. The van der Waals surface area contributed by atoms with Crippen LogP contribution < -0.4 is 10.6 Å². The van der Waals surface area contributed by atoms with Crippen LogP contribution in [0.4, 0.5) is 11.4 Å². The zero-order valence-electron chi connectivity index (χ0n) is 15.3. The van der Waals surface area contributed by atoms with Crippen LogP contribution in [0.1, 0.15) is 6.92 Å². The molecule has 3 rings (SSSR count). The lowest BCUT2D eigenvalue weighted by Gasteiger charge is -2.07. The molecule has 0 aliphatic heterocycles. The molecule has 2 amide bonds. The first-order chi connectivity index (χ1) is 13.4. The summed E-state index contributed by atoms with van der Waals surface area (Å²) in [6.45, 7) is 1.44. The topological polar surface area (TPSA) is 88.9 Å². The van der Waals surface area contributed by atoms with Gasteiger partial charge in [-0.3, -0.25) is 9.59 Å². The van der Waals surface area contributed by atoms with E-state index in [4.69, 9.17) is 11.6 Å². The number of anilines is 2. The molecule has 0 saturated heterocycles. The first-order valence-electron chi connectivity index (χ1n) is 8.38. The zero-order valence-corrected chi connectivity index (χ0v) is 16.8. The molecule has 2 aromatic carbocycles. The van der Waals surface area contributed by atoms with Gasteiger partial charge in [-0.1, -0.05) is 23.4 Å². The van der Waals surface area contributed by atoms with Gasteiger partial charge in [0.2, 0.25) is 11.8 Å². The number of amides is 2. The summed E-state index contributed by atoms with van der Waals surface area (Å²) in [6, 6.07) is 14.3. The van der Waals surface area contributed by atoms with Crippen molar-refractivity contribution in [2.24, 2.45) is 7.05 Å². The Bertz CT molecular complexity index is 987. The van der Waals surface area contributed by atoms with E-state index in [1.165, 1.54) is 18.7 Å². The monoisotopic (exact) mass is 415 g/mol. The smallest absolute Gasteiger partial charge is 0.234 e. The molecular weight excluding hydrogens is 398 g/mol. The second-order valence-corrected chi connectivity index (χ2v) is 7.35. The van der Waals surface area contributed by atoms with Crippen LogP contribution >= 0.6 is 23.4 Å². The standard InChI is InChI=1S/C19H18ClN5O2S/c1-12(26)21-15-7-9-16(10-8-15)22-17(27)11-28-19-24-23-18(25(19)2)13-3-5-14(20)6-4-13/h3-10H,11H2,1-2H3,(H,21,26)(H,22,27). The Morgan fingerprint density at radius 1 is 1.00 bits per heavy atom. The van der Waals surface area contributed by atoms with Crippen molar-refractivity contribution in [2.45, 2.75) is 12.1 Å². The van der Waals surface area contributed by atoms with Gasteiger partial charge < -0.3 is 15.2 Å². The highest BCUT2D eigenvalue weighted by molar-refractivity contribution is 7.99. The van der Waals surface area contributed by atoms with E-state index in [9.17, 15) is 9.59 Å². The molecule has 0 aliphatic rings. The summed E-state index contributed by atoms with van der Waals surface area (Å²) < 4.78 is 1.84. The van der Waals surface area contributed by atoms with Gasteiger partial charge in [0.05, 0.1) is 5.75 Å². The fourth-order valence-corrected chi connectivity index (χ4v) is 3.30. The summed E-state index contributed by atoms with van der Waals surface area (Å²) in [6.07, 6.45) is 0. The molecule has 28 heavy (non-hydrogen) atoms. The number of hydrogen-bond acceptors (Lipinski definition) is 5. The lowest BCUT2D eigenvalue weighted by molar-refractivity contribution is -0.114. The molecule has 3 aromatic rings. The number of thioether (sulfide) groups is 1. The molecule has 0 radical (unpaired) electrons. The minimum atomic E-state index is -0.159. The van der Waals surface area contributed by atoms with Gasteiger partial charge in [-0.15, -0.1) is 10.2 Å². The third-order valence-electron chi connectivity index (χ3n) is 3.76. The van der Waals surface area contributed by atoms with E-state index in [1.807, 2.05) is 23.7 Å². The molecule has 0 aliphatic carbocycles. The van der Waals surface area contributed by atoms with Crippen LogP contribution in [0.15, 0.2) is 53.7 Å². The van der Waals surface area contributed by atoms with E-state index in [-0.39, 0.29) is 17.6 Å². The fourth-order valence-electron chi connectivity index (χ4n) is 2.46. The molecular formula is C19H18ClN5O2S. The lowest BCUT2D eigenvalue weighted by atomic mass is 10.2. The van der Waals surface area contributed by atoms with Crippen LogP contribution in [0.5, 0.6) is 0 Å². The molecule has 0 unspecified atom stereocenters. The minimum Gasteiger partial charge on any atom is -0.326 e. The minimum absolute atomic E-state index is 0.144. The van der Waals surface area contributed by atoms with Crippen LogP contribution in [0.25, 0.3) is 11.4 Å². The Balaban J connectivity index is 1.57. The molecule has 0 saturated carbocycles. The van der Waals surface area contributed by atoms with Crippen molar-refractivity contribution in [1.29, 1.82) is 0 Å². The summed E-state index contributed by atoms with van der Waals surface area (Å²) in [5.74, 6) is 0.594. The first-order valence-corrected chi connectivity index (χ1v) is 9.74. The second kappa shape index (κ2) is 8.90. The maximum Gasteiger partial charge on any atom is 0.234 e. The number of aromatic nitrogens is 3. The Labute approximate surface area is 171 Å². The van der Waals surface area contributed by atoms with Crippen molar-refractivity contribution in [3.05, 3.63) is 53.6 Å². The summed E-state index contributed by atoms with van der Waals surface area (Å²) in [7, 11) is 1.85. The Morgan fingerprint density at radius 2 is 1.61 bits per heavy atom. The number of nitrogens with zero attached hydrogens (tertiary/aromatic N) is 3. The van der Waals surface area contributed by atoms with Crippen molar-refractivity contribution in [2.75, 3.05) is 16.4 Å². The summed E-state index contributed by atoms with van der Waals surface area (Å²) in [5.41, 5.74) is 2.23. The molecule has 1 heterocycles. The molecule has 0 atom stereocenters. The second-order valence-electron chi connectivity index (χ2n) is 5.97. The maximum absolute atomic E-state index is 12.2. The average molecular weight is 416 g/mol. The predicted molar refractivity (Wildman–Crippen MR) is 112 cm³/mol. The van der Waals surface area contributed by atoms with Crippen molar-refractivity contribution in [3.63, 3.8) is 0 Å². The van der Waals surface area contributed by atoms with E-state index < -0.39 is 0 Å². The highest BCUT2D eigenvalue weighted by atomic mass is 35.5. The van der Waals surface area contributed by atoms with Crippen molar-refractivity contribution in [1.82, 2.24) is 14.8 Å². The fraction of sp³-hybridized carbons (Fsp3) is 0.158. The normalized spacial score (nSPS) is 10.5. The van der Waals surface area contributed by atoms with E-state index in [2.05, 4.69) is 20.8 Å².